The van der Waals surface area contributed by atoms with E-state index in [9.17, 15) is 4.39 Å². The van der Waals surface area contributed by atoms with Crippen LogP contribution in [0, 0.1) is 5.82 Å². The first-order chi connectivity index (χ1) is 9.34. The number of aromatic amines is 1. The molecule has 5 heteroatoms. The van der Waals surface area contributed by atoms with Gasteiger partial charge in [-0.25, -0.2) is 9.37 Å². The zero-order valence-electron chi connectivity index (χ0n) is 10.7. The van der Waals surface area contributed by atoms with Crippen molar-refractivity contribution in [2.24, 2.45) is 0 Å². The maximum absolute atomic E-state index is 13.6. The molecule has 0 spiro atoms. The molecule has 1 heterocycles. The summed E-state index contributed by atoms with van der Waals surface area (Å²) in [6.07, 6.45) is 5.23. The van der Waals surface area contributed by atoms with Crippen LogP contribution in [0.1, 0.15) is 35.8 Å². The molecule has 0 radical (unpaired) electrons. The first kappa shape index (κ1) is 12.3. The molecule has 0 aliphatic heterocycles. The second kappa shape index (κ2) is 5.48. The molecule has 1 aliphatic rings. The number of hydrogen-bond acceptors (Lipinski definition) is 3. The fraction of sp³-hybridized carbons (Fsp3) is 0.429. The highest BCUT2D eigenvalue weighted by molar-refractivity contribution is 5.35. The van der Waals surface area contributed by atoms with Crippen molar-refractivity contribution in [3.8, 4) is 0 Å². The van der Waals surface area contributed by atoms with Gasteiger partial charge in [0.25, 0.3) is 0 Å². The van der Waals surface area contributed by atoms with Crippen molar-refractivity contribution in [3.63, 3.8) is 0 Å². The van der Waals surface area contributed by atoms with E-state index in [4.69, 9.17) is 0 Å². The van der Waals surface area contributed by atoms with Crippen LogP contribution < -0.4 is 5.32 Å². The van der Waals surface area contributed by atoms with E-state index in [1.54, 1.807) is 12.1 Å². The van der Waals surface area contributed by atoms with Crippen LogP contribution in [-0.2, 0) is 12.8 Å². The van der Waals surface area contributed by atoms with E-state index in [-0.39, 0.29) is 5.82 Å². The predicted molar refractivity (Wildman–Crippen MR) is 70.2 cm³/mol. The number of hydrogen-bond donors (Lipinski definition) is 2. The van der Waals surface area contributed by atoms with Crippen LogP contribution in [0.4, 0.5) is 4.39 Å². The summed E-state index contributed by atoms with van der Waals surface area (Å²) >= 11 is 0. The Morgan fingerprint density at radius 2 is 2.37 bits per heavy atom. The summed E-state index contributed by atoms with van der Waals surface area (Å²) in [7, 11) is 0. The Morgan fingerprint density at radius 3 is 3.21 bits per heavy atom. The van der Waals surface area contributed by atoms with Crippen molar-refractivity contribution in [3.05, 3.63) is 47.3 Å². The van der Waals surface area contributed by atoms with Gasteiger partial charge < -0.3 is 5.32 Å². The normalized spacial score (nSPS) is 17.6. The van der Waals surface area contributed by atoms with Crippen LogP contribution >= 0.6 is 0 Å². The number of H-pyrrole nitrogens is 1. The number of rotatable bonds is 5. The van der Waals surface area contributed by atoms with E-state index >= 15 is 0 Å². The Hall–Kier alpha value is -1.75. The average Bonchev–Trinajstić information content (AvgIpc) is 3.05. The summed E-state index contributed by atoms with van der Waals surface area (Å²) in [5, 5.41) is 10.2. The number of benzene rings is 1. The van der Waals surface area contributed by atoms with Crippen LogP contribution in [0.2, 0.25) is 0 Å². The molecular formula is C14H17FN4. The predicted octanol–water partition coefficient (Wildman–Crippen LogP) is 2.15. The van der Waals surface area contributed by atoms with Crippen LogP contribution in [0.5, 0.6) is 0 Å². The molecule has 1 aliphatic carbocycles. The van der Waals surface area contributed by atoms with Crippen LogP contribution in [0.3, 0.4) is 0 Å². The zero-order valence-corrected chi connectivity index (χ0v) is 10.7. The summed E-state index contributed by atoms with van der Waals surface area (Å²) in [6, 6.07) is 5.66. The molecule has 4 nitrogen and oxygen atoms in total. The molecule has 3 rings (SSSR count). The fourth-order valence-corrected chi connectivity index (χ4v) is 2.71. The first-order valence-electron chi connectivity index (χ1n) is 6.69. The Labute approximate surface area is 111 Å². The molecule has 1 unspecified atom stereocenters. The van der Waals surface area contributed by atoms with E-state index < -0.39 is 0 Å². The molecule has 2 aromatic rings. The molecule has 0 amide bonds. The average molecular weight is 260 g/mol. The SMILES string of the molecule is Fc1cccc2c1CCC2NCCCc1ncn[nH]1. The first-order valence-corrected chi connectivity index (χ1v) is 6.69. The Bertz CT molecular complexity index is 538. The van der Waals surface area contributed by atoms with Gasteiger partial charge >= 0.3 is 0 Å². The molecular weight excluding hydrogens is 243 g/mol. The summed E-state index contributed by atoms with van der Waals surface area (Å²) in [5.74, 6) is 0.850. The maximum Gasteiger partial charge on any atom is 0.137 e. The van der Waals surface area contributed by atoms with Gasteiger partial charge in [0, 0.05) is 12.5 Å². The van der Waals surface area contributed by atoms with E-state index in [1.807, 2.05) is 6.07 Å². The number of nitrogens with one attached hydrogen (secondary N) is 2. The fourth-order valence-electron chi connectivity index (χ4n) is 2.71. The maximum atomic E-state index is 13.6. The molecule has 19 heavy (non-hydrogen) atoms. The van der Waals surface area contributed by atoms with Crippen LogP contribution in [0.25, 0.3) is 0 Å². The molecule has 2 N–H and O–H groups in total. The summed E-state index contributed by atoms with van der Waals surface area (Å²) in [5.41, 5.74) is 2.01. The van der Waals surface area contributed by atoms with Gasteiger partial charge in [0.2, 0.25) is 0 Å². The molecule has 1 atom stereocenters. The third-order valence-electron chi connectivity index (χ3n) is 3.66. The lowest BCUT2D eigenvalue weighted by Crippen LogP contribution is -2.21. The van der Waals surface area contributed by atoms with Crippen molar-refractivity contribution in [2.45, 2.75) is 31.7 Å². The zero-order chi connectivity index (χ0) is 13.1. The lowest BCUT2D eigenvalue weighted by Gasteiger charge is -2.13. The Kier molecular flexibility index (Phi) is 3.55. The van der Waals surface area contributed by atoms with E-state index in [2.05, 4.69) is 20.5 Å². The second-order valence-corrected chi connectivity index (χ2v) is 4.89. The van der Waals surface area contributed by atoms with Gasteiger partial charge in [-0.2, -0.15) is 5.10 Å². The number of aromatic nitrogens is 3. The highest BCUT2D eigenvalue weighted by Gasteiger charge is 2.23. The third kappa shape index (κ3) is 2.66. The molecule has 0 saturated heterocycles. The lowest BCUT2D eigenvalue weighted by atomic mass is 10.1. The highest BCUT2D eigenvalue weighted by atomic mass is 19.1. The van der Waals surface area contributed by atoms with Gasteiger partial charge in [0.05, 0.1) is 0 Å². The van der Waals surface area contributed by atoms with Crippen molar-refractivity contribution in [1.29, 1.82) is 0 Å². The summed E-state index contributed by atoms with van der Waals surface area (Å²) in [6.45, 7) is 0.904. The van der Waals surface area contributed by atoms with Crippen molar-refractivity contribution in [1.82, 2.24) is 20.5 Å². The minimum atomic E-state index is -0.0662. The summed E-state index contributed by atoms with van der Waals surface area (Å²) < 4.78 is 13.6. The minimum absolute atomic E-state index is 0.0662. The lowest BCUT2D eigenvalue weighted by molar-refractivity contribution is 0.518. The van der Waals surface area contributed by atoms with Crippen molar-refractivity contribution >= 4 is 0 Å². The van der Waals surface area contributed by atoms with Gasteiger partial charge in [-0.1, -0.05) is 12.1 Å². The standard InChI is InChI=1S/C14H17FN4/c15-12-4-1-3-11-10(12)6-7-13(11)16-8-2-5-14-17-9-18-19-14/h1,3-4,9,13,16H,2,5-8H2,(H,17,18,19). The Morgan fingerprint density at radius 1 is 1.42 bits per heavy atom. The summed E-state index contributed by atoms with van der Waals surface area (Å²) in [4.78, 5) is 4.09. The van der Waals surface area contributed by atoms with Crippen LogP contribution in [-0.4, -0.2) is 21.7 Å². The van der Waals surface area contributed by atoms with Gasteiger partial charge in [-0.15, -0.1) is 0 Å². The topological polar surface area (TPSA) is 53.6 Å². The van der Waals surface area contributed by atoms with Gasteiger partial charge in [-0.3, -0.25) is 5.10 Å². The Balaban J connectivity index is 1.51. The smallest absolute Gasteiger partial charge is 0.137 e. The van der Waals surface area contributed by atoms with Gasteiger partial charge in [-0.05, 0) is 43.0 Å². The molecule has 0 bridgehead atoms. The largest absolute Gasteiger partial charge is 0.310 e. The molecule has 1 aromatic heterocycles. The minimum Gasteiger partial charge on any atom is -0.310 e. The van der Waals surface area contributed by atoms with E-state index in [0.717, 1.165) is 49.2 Å². The number of aryl methyl sites for hydroxylation is 1. The van der Waals surface area contributed by atoms with Crippen LogP contribution in [0.15, 0.2) is 24.5 Å². The number of halogens is 1. The second-order valence-electron chi connectivity index (χ2n) is 4.89. The molecule has 0 fully saturated rings. The van der Waals surface area contributed by atoms with E-state index in [1.165, 1.54) is 6.33 Å². The molecule has 100 valence electrons. The van der Waals surface area contributed by atoms with Crippen molar-refractivity contribution in [2.75, 3.05) is 6.54 Å². The van der Waals surface area contributed by atoms with Gasteiger partial charge in [0.1, 0.15) is 18.0 Å². The monoisotopic (exact) mass is 260 g/mol. The highest BCUT2D eigenvalue weighted by Crippen LogP contribution is 2.32. The number of nitrogens with zero attached hydrogens (tertiary/aromatic N) is 2. The third-order valence-corrected chi connectivity index (χ3v) is 3.66. The van der Waals surface area contributed by atoms with Gasteiger partial charge in [0.15, 0.2) is 0 Å². The number of fused-ring (bicyclic) bond motifs is 1. The molecule has 1 aromatic carbocycles. The molecule has 0 saturated carbocycles. The quantitative estimate of drug-likeness (QED) is 0.810. The van der Waals surface area contributed by atoms with E-state index in [0.29, 0.717) is 6.04 Å². The van der Waals surface area contributed by atoms with Crippen molar-refractivity contribution < 1.29 is 4.39 Å².